The predicted octanol–water partition coefficient (Wildman–Crippen LogP) is 1.96. The highest BCUT2D eigenvalue weighted by Gasteiger charge is 2.16. The summed E-state index contributed by atoms with van der Waals surface area (Å²) in [6, 6.07) is 10.3. The van der Waals surface area contributed by atoms with Gasteiger partial charge in [-0.1, -0.05) is 30.3 Å². The van der Waals surface area contributed by atoms with Crippen LogP contribution in [0.4, 0.5) is 0 Å². The van der Waals surface area contributed by atoms with Crippen molar-refractivity contribution in [2.75, 3.05) is 0 Å². The van der Waals surface area contributed by atoms with E-state index in [4.69, 9.17) is 0 Å². The van der Waals surface area contributed by atoms with Gasteiger partial charge in [0.1, 0.15) is 12.3 Å². The van der Waals surface area contributed by atoms with Crippen LogP contribution in [0.5, 0.6) is 0 Å². The predicted molar refractivity (Wildman–Crippen MR) is 51.4 cm³/mol. The second-order valence-corrected chi connectivity index (χ2v) is 3.28. The van der Waals surface area contributed by atoms with Gasteiger partial charge in [0.05, 0.1) is 0 Å². The minimum atomic E-state index is 0.164. The Kier molecular flexibility index (Phi) is 2.36. The van der Waals surface area contributed by atoms with Gasteiger partial charge < -0.3 is 0 Å². The molecule has 1 aromatic carbocycles. The van der Waals surface area contributed by atoms with Crippen molar-refractivity contribution in [3.63, 3.8) is 0 Å². The van der Waals surface area contributed by atoms with Gasteiger partial charge in [0.25, 0.3) is 0 Å². The van der Waals surface area contributed by atoms with E-state index in [1.807, 2.05) is 25.1 Å². The monoisotopic (exact) mass is 175 g/mol. The van der Waals surface area contributed by atoms with Crippen LogP contribution in [-0.2, 0) is 6.42 Å². The van der Waals surface area contributed by atoms with Crippen LogP contribution in [0.3, 0.4) is 0 Å². The van der Waals surface area contributed by atoms with Crippen LogP contribution >= 0.6 is 0 Å². The Morgan fingerprint density at radius 1 is 1.23 bits per heavy atom. The summed E-state index contributed by atoms with van der Waals surface area (Å²) in [6.07, 6.45) is 1.26. The maximum atomic E-state index is 4.13. The van der Waals surface area contributed by atoms with E-state index in [-0.39, 0.29) is 12.3 Å². The molecule has 0 fully saturated rings. The first-order chi connectivity index (χ1) is 6.34. The van der Waals surface area contributed by atoms with Crippen LogP contribution < -0.4 is 5.32 Å². The van der Waals surface area contributed by atoms with Crippen molar-refractivity contribution in [2.24, 2.45) is 10.2 Å². The minimum absolute atomic E-state index is 0.164. The summed E-state index contributed by atoms with van der Waals surface area (Å²) in [5, 5.41) is 11.4. The van der Waals surface area contributed by atoms with Gasteiger partial charge in [-0.2, -0.15) is 10.2 Å². The lowest BCUT2D eigenvalue weighted by molar-refractivity contribution is 0.539. The molecule has 0 amide bonds. The van der Waals surface area contributed by atoms with Crippen molar-refractivity contribution >= 4 is 0 Å². The number of azo groups is 1. The summed E-state index contributed by atoms with van der Waals surface area (Å²) < 4.78 is 0. The standard InChI is InChI=1S/C10H13N3/c1-8-11-10(13-12-8)7-9-5-3-2-4-6-9/h2-6,8,10-11H,7H2,1H3. The quantitative estimate of drug-likeness (QED) is 0.732. The van der Waals surface area contributed by atoms with Crippen molar-refractivity contribution in [3.8, 4) is 0 Å². The fraction of sp³-hybridized carbons (Fsp3) is 0.400. The highest BCUT2D eigenvalue weighted by Crippen LogP contribution is 2.09. The number of nitrogens with one attached hydrogen (secondary N) is 1. The topological polar surface area (TPSA) is 36.8 Å². The van der Waals surface area contributed by atoms with Crippen molar-refractivity contribution < 1.29 is 0 Å². The van der Waals surface area contributed by atoms with E-state index < -0.39 is 0 Å². The van der Waals surface area contributed by atoms with E-state index in [2.05, 4.69) is 27.7 Å². The Hall–Kier alpha value is -1.22. The van der Waals surface area contributed by atoms with Gasteiger partial charge in [-0.15, -0.1) is 0 Å². The fourth-order valence-electron chi connectivity index (χ4n) is 1.46. The molecular formula is C10H13N3. The van der Waals surface area contributed by atoms with Crippen molar-refractivity contribution in [2.45, 2.75) is 25.7 Å². The zero-order valence-electron chi connectivity index (χ0n) is 7.64. The molecule has 1 aromatic rings. The van der Waals surface area contributed by atoms with Crippen molar-refractivity contribution in [3.05, 3.63) is 35.9 Å². The summed E-state index contributed by atoms with van der Waals surface area (Å²) in [7, 11) is 0. The second kappa shape index (κ2) is 3.66. The van der Waals surface area contributed by atoms with Gasteiger partial charge in [0.2, 0.25) is 0 Å². The molecule has 0 spiro atoms. The summed E-state index contributed by atoms with van der Waals surface area (Å²) in [6.45, 7) is 2.01. The first-order valence-corrected chi connectivity index (χ1v) is 4.54. The molecule has 1 aliphatic rings. The Morgan fingerprint density at radius 3 is 2.62 bits per heavy atom. The third-order valence-electron chi connectivity index (χ3n) is 2.08. The Morgan fingerprint density at radius 2 is 2.00 bits per heavy atom. The maximum Gasteiger partial charge on any atom is 0.126 e. The first-order valence-electron chi connectivity index (χ1n) is 4.54. The molecule has 1 heterocycles. The molecule has 13 heavy (non-hydrogen) atoms. The van der Waals surface area contributed by atoms with Crippen LogP contribution in [0.15, 0.2) is 40.6 Å². The van der Waals surface area contributed by atoms with Gasteiger partial charge in [0, 0.05) is 6.42 Å². The summed E-state index contributed by atoms with van der Waals surface area (Å²) in [4.78, 5) is 0. The zero-order chi connectivity index (χ0) is 9.10. The maximum absolute atomic E-state index is 4.13. The van der Waals surface area contributed by atoms with Crippen LogP contribution in [0, 0.1) is 0 Å². The summed E-state index contributed by atoms with van der Waals surface area (Å²) >= 11 is 0. The van der Waals surface area contributed by atoms with E-state index in [9.17, 15) is 0 Å². The molecule has 2 unspecified atom stereocenters. The van der Waals surface area contributed by atoms with E-state index in [0.717, 1.165) is 6.42 Å². The number of nitrogens with zero attached hydrogens (tertiary/aromatic N) is 2. The van der Waals surface area contributed by atoms with E-state index in [0.29, 0.717) is 0 Å². The van der Waals surface area contributed by atoms with E-state index in [1.165, 1.54) is 5.56 Å². The fourth-order valence-corrected chi connectivity index (χ4v) is 1.46. The molecule has 0 aromatic heterocycles. The molecule has 0 saturated heterocycles. The summed E-state index contributed by atoms with van der Waals surface area (Å²) in [5.74, 6) is 0. The normalized spacial score (nSPS) is 26.5. The molecule has 3 nitrogen and oxygen atoms in total. The largest absolute Gasteiger partial charge is 0.271 e. The molecule has 1 N–H and O–H groups in total. The zero-order valence-corrected chi connectivity index (χ0v) is 7.64. The van der Waals surface area contributed by atoms with Crippen molar-refractivity contribution in [1.29, 1.82) is 0 Å². The van der Waals surface area contributed by atoms with Crippen LogP contribution in [0.2, 0.25) is 0 Å². The molecule has 0 bridgehead atoms. The van der Waals surface area contributed by atoms with Crippen LogP contribution in [0.25, 0.3) is 0 Å². The lowest BCUT2D eigenvalue weighted by atomic mass is 10.1. The van der Waals surface area contributed by atoms with E-state index in [1.54, 1.807) is 0 Å². The molecule has 68 valence electrons. The Bertz CT molecular complexity index is 294. The molecule has 0 saturated carbocycles. The third kappa shape index (κ3) is 2.12. The molecule has 0 radical (unpaired) electrons. The summed E-state index contributed by atoms with van der Waals surface area (Å²) in [5.41, 5.74) is 1.30. The molecule has 2 atom stereocenters. The molecule has 2 rings (SSSR count). The number of hydrogen-bond donors (Lipinski definition) is 1. The Balaban J connectivity index is 1.96. The van der Waals surface area contributed by atoms with Gasteiger partial charge in [-0.05, 0) is 12.5 Å². The molecule has 1 aliphatic heterocycles. The minimum Gasteiger partial charge on any atom is -0.271 e. The lowest BCUT2D eigenvalue weighted by Gasteiger charge is -2.07. The average Bonchev–Trinajstić information content (AvgIpc) is 2.53. The highest BCUT2D eigenvalue weighted by atomic mass is 15.4. The Labute approximate surface area is 77.9 Å². The van der Waals surface area contributed by atoms with Crippen LogP contribution in [0.1, 0.15) is 12.5 Å². The lowest BCUT2D eigenvalue weighted by Crippen LogP contribution is -2.29. The van der Waals surface area contributed by atoms with E-state index >= 15 is 0 Å². The number of hydrogen-bond acceptors (Lipinski definition) is 3. The third-order valence-corrected chi connectivity index (χ3v) is 2.08. The number of benzene rings is 1. The number of rotatable bonds is 2. The SMILES string of the molecule is CC1N=NC(Cc2ccccc2)N1. The van der Waals surface area contributed by atoms with Gasteiger partial charge >= 0.3 is 0 Å². The van der Waals surface area contributed by atoms with Crippen LogP contribution in [-0.4, -0.2) is 12.3 Å². The smallest absolute Gasteiger partial charge is 0.126 e. The average molecular weight is 175 g/mol. The molecule has 3 heteroatoms. The van der Waals surface area contributed by atoms with Gasteiger partial charge in [-0.25, -0.2) is 0 Å². The van der Waals surface area contributed by atoms with Gasteiger partial charge in [-0.3, -0.25) is 5.32 Å². The molecular weight excluding hydrogens is 162 g/mol. The highest BCUT2D eigenvalue weighted by molar-refractivity contribution is 5.15. The second-order valence-electron chi connectivity index (χ2n) is 3.28. The van der Waals surface area contributed by atoms with Gasteiger partial charge in [0.15, 0.2) is 0 Å². The molecule has 0 aliphatic carbocycles. The van der Waals surface area contributed by atoms with Crippen molar-refractivity contribution in [1.82, 2.24) is 5.32 Å². The first kappa shape index (κ1) is 8.38.